The van der Waals surface area contributed by atoms with Crippen LogP contribution in [0.5, 0.6) is 0 Å². The standard InChI is InChI=1S/C20H22N4O2S2/c1-13-7-9-15(10-8-13)28-12-19(26)24-23-18(25)11-27-14(2)20-21-16-5-3-4-6-17(16)22-20/h3-10,14H,11-12H2,1-2H3,(H,21,22)(H,23,25)(H,24,26)/t14-/m0/s1. The minimum atomic E-state index is -0.248. The molecule has 0 saturated heterocycles. The van der Waals surface area contributed by atoms with Gasteiger partial charge in [0, 0.05) is 4.90 Å². The van der Waals surface area contributed by atoms with Crippen LogP contribution in [0.15, 0.2) is 53.4 Å². The molecule has 0 unspecified atom stereocenters. The Morgan fingerprint density at radius 3 is 2.43 bits per heavy atom. The fraction of sp³-hybridized carbons (Fsp3) is 0.250. The summed E-state index contributed by atoms with van der Waals surface area (Å²) in [7, 11) is 0. The molecule has 3 aromatic rings. The minimum Gasteiger partial charge on any atom is -0.341 e. The van der Waals surface area contributed by atoms with Crippen molar-refractivity contribution >= 4 is 46.4 Å². The summed E-state index contributed by atoms with van der Waals surface area (Å²) in [5, 5.41) is 0.0333. The molecule has 0 saturated carbocycles. The number of amides is 2. The van der Waals surface area contributed by atoms with Crippen LogP contribution in [0.3, 0.4) is 0 Å². The summed E-state index contributed by atoms with van der Waals surface area (Å²) in [4.78, 5) is 32.7. The molecular weight excluding hydrogens is 392 g/mol. The van der Waals surface area contributed by atoms with Gasteiger partial charge in [-0.05, 0) is 38.1 Å². The molecule has 0 aliphatic rings. The summed E-state index contributed by atoms with van der Waals surface area (Å²) in [6.45, 7) is 4.01. The molecule has 0 spiro atoms. The number of hydrogen-bond donors (Lipinski definition) is 3. The van der Waals surface area contributed by atoms with Gasteiger partial charge >= 0.3 is 0 Å². The molecule has 0 radical (unpaired) electrons. The number of aromatic amines is 1. The second-order valence-electron chi connectivity index (χ2n) is 6.29. The number of nitrogens with one attached hydrogen (secondary N) is 3. The monoisotopic (exact) mass is 414 g/mol. The van der Waals surface area contributed by atoms with Crippen LogP contribution in [0.25, 0.3) is 11.0 Å². The number of H-pyrrole nitrogens is 1. The molecule has 3 rings (SSSR count). The van der Waals surface area contributed by atoms with Gasteiger partial charge < -0.3 is 4.98 Å². The van der Waals surface area contributed by atoms with Gasteiger partial charge in [-0.15, -0.1) is 23.5 Å². The highest BCUT2D eigenvalue weighted by Crippen LogP contribution is 2.27. The molecule has 8 heteroatoms. The van der Waals surface area contributed by atoms with Gasteiger partial charge in [-0.1, -0.05) is 29.8 Å². The van der Waals surface area contributed by atoms with Crippen molar-refractivity contribution in [2.24, 2.45) is 0 Å². The molecule has 0 fully saturated rings. The molecule has 28 heavy (non-hydrogen) atoms. The number of aryl methyl sites for hydroxylation is 1. The first kappa shape index (κ1) is 20.3. The van der Waals surface area contributed by atoms with Crippen LogP contribution in [-0.2, 0) is 9.59 Å². The Morgan fingerprint density at radius 1 is 1.04 bits per heavy atom. The number of nitrogens with zero attached hydrogens (tertiary/aromatic N) is 1. The molecule has 0 aliphatic carbocycles. The second-order valence-corrected chi connectivity index (χ2v) is 8.67. The van der Waals surface area contributed by atoms with E-state index in [2.05, 4.69) is 20.8 Å². The van der Waals surface area contributed by atoms with Gasteiger partial charge in [0.25, 0.3) is 0 Å². The molecule has 1 atom stereocenters. The first-order chi connectivity index (χ1) is 13.5. The molecule has 2 amide bonds. The molecule has 2 aromatic carbocycles. The van der Waals surface area contributed by atoms with E-state index in [4.69, 9.17) is 0 Å². The molecule has 1 aromatic heterocycles. The van der Waals surface area contributed by atoms with Crippen molar-refractivity contribution in [1.82, 2.24) is 20.8 Å². The summed E-state index contributed by atoms with van der Waals surface area (Å²) in [5.41, 5.74) is 7.98. The van der Waals surface area contributed by atoms with Crippen LogP contribution >= 0.6 is 23.5 Å². The number of imidazole rings is 1. The van der Waals surface area contributed by atoms with E-state index in [1.807, 2.05) is 62.4 Å². The normalized spacial score (nSPS) is 11.9. The number of rotatable bonds is 7. The van der Waals surface area contributed by atoms with Crippen molar-refractivity contribution in [2.45, 2.75) is 24.0 Å². The molecule has 6 nitrogen and oxygen atoms in total. The van der Waals surface area contributed by atoms with E-state index in [1.165, 1.54) is 29.1 Å². The van der Waals surface area contributed by atoms with Crippen LogP contribution in [0.4, 0.5) is 0 Å². The zero-order valence-electron chi connectivity index (χ0n) is 15.7. The first-order valence-corrected chi connectivity index (χ1v) is 10.9. The second kappa shape index (κ2) is 9.66. The lowest BCUT2D eigenvalue weighted by atomic mass is 10.2. The SMILES string of the molecule is Cc1ccc(SCC(=O)NNC(=O)CS[C@@H](C)c2nc3ccccc3[nH]2)cc1. The molecule has 1 heterocycles. The fourth-order valence-electron chi connectivity index (χ4n) is 2.44. The number of benzene rings is 2. The number of aromatic nitrogens is 2. The molecule has 0 bridgehead atoms. The number of carbonyl (C=O) groups is 2. The van der Waals surface area contributed by atoms with E-state index in [0.29, 0.717) is 0 Å². The van der Waals surface area contributed by atoms with E-state index in [0.717, 1.165) is 21.8 Å². The van der Waals surface area contributed by atoms with Crippen molar-refractivity contribution in [1.29, 1.82) is 0 Å². The first-order valence-electron chi connectivity index (χ1n) is 8.84. The lowest BCUT2D eigenvalue weighted by Crippen LogP contribution is -2.43. The lowest BCUT2D eigenvalue weighted by molar-refractivity contribution is -0.126. The maximum absolute atomic E-state index is 12.0. The zero-order chi connectivity index (χ0) is 19.9. The summed E-state index contributed by atoms with van der Waals surface area (Å²) >= 11 is 2.88. The highest BCUT2D eigenvalue weighted by Gasteiger charge is 2.13. The topological polar surface area (TPSA) is 86.9 Å². The molecular formula is C20H22N4O2S2. The van der Waals surface area contributed by atoms with Crippen LogP contribution < -0.4 is 10.9 Å². The predicted molar refractivity (Wildman–Crippen MR) is 115 cm³/mol. The number of para-hydroxylation sites is 2. The maximum atomic E-state index is 12.0. The Balaban J connectivity index is 1.37. The Kier molecular flexibility index (Phi) is 7.00. The van der Waals surface area contributed by atoms with Gasteiger partial charge in [-0.3, -0.25) is 20.4 Å². The number of hydrogen-bond acceptors (Lipinski definition) is 5. The molecule has 3 N–H and O–H groups in total. The van der Waals surface area contributed by atoms with Crippen LogP contribution in [-0.4, -0.2) is 33.3 Å². The number of fused-ring (bicyclic) bond motifs is 1. The van der Waals surface area contributed by atoms with E-state index in [1.54, 1.807) is 0 Å². The van der Waals surface area contributed by atoms with Gasteiger partial charge in [-0.2, -0.15) is 0 Å². The average molecular weight is 415 g/mol. The van der Waals surface area contributed by atoms with E-state index in [-0.39, 0.29) is 28.6 Å². The Morgan fingerprint density at radius 2 is 1.71 bits per heavy atom. The third-order valence-corrected chi connectivity index (χ3v) is 6.15. The zero-order valence-corrected chi connectivity index (χ0v) is 17.3. The van der Waals surface area contributed by atoms with Gasteiger partial charge in [0.15, 0.2) is 0 Å². The summed E-state index contributed by atoms with van der Waals surface area (Å²) < 4.78 is 0. The van der Waals surface area contributed by atoms with E-state index >= 15 is 0 Å². The molecule has 0 aliphatic heterocycles. The van der Waals surface area contributed by atoms with Crippen molar-refractivity contribution in [2.75, 3.05) is 11.5 Å². The fourth-order valence-corrected chi connectivity index (χ4v) is 3.88. The number of carbonyl (C=O) groups excluding carboxylic acids is 2. The highest BCUT2D eigenvalue weighted by atomic mass is 32.2. The average Bonchev–Trinajstić information content (AvgIpc) is 3.14. The number of thioether (sulfide) groups is 2. The third kappa shape index (κ3) is 5.77. The largest absolute Gasteiger partial charge is 0.341 e. The Bertz CT molecular complexity index is 923. The van der Waals surface area contributed by atoms with Gasteiger partial charge in [-0.25, -0.2) is 4.98 Å². The van der Waals surface area contributed by atoms with Crippen LogP contribution in [0.2, 0.25) is 0 Å². The van der Waals surface area contributed by atoms with Gasteiger partial charge in [0.05, 0.1) is 27.8 Å². The quantitative estimate of drug-likeness (QED) is 0.406. The Labute approximate surface area is 172 Å². The highest BCUT2D eigenvalue weighted by molar-refractivity contribution is 8.00. The summed E-state index contributed by atoms with van der Waals surface area (Å²) in [6.07, 6.45) is 0. The molecule has 146 valence electrons. The lowest BCUT2D eigenvalue weighted by Gasteiger charge is -2.10. The van der Waals surface area contributed by atoms with Crippen molar-refractivity contribution < 1.29 is 9.59 Å². The smallest absolute Gasteiger partial charge is 0.248 e. The van der Waals surface area contributed by atoms with Crippen molar-refractivity contribution in [3.05, 3.63) is 59.9 Å². The van der Waals surface area contributed by atoms with Crippen molar-refractivity contribution in [3.63, 3.8) is 0 Å². The predicted octanol–water partition coefficient (Wildman–Crippen LogP) is 3.61. The van der Waals surface area contributed by atoms with E-state index in [9.17, 15) is 9.59 Å². The van der Waals surface area contributed by atoms with Gasteiger partial charge in [0.1, 0.15) is 5.82 Å². The minimum absolute atomic E-state index is 0.0333. The maximum Gasteiger partial charge on any atom is 0.248 e. The summed E-state index contributed by atoms with van der Waals surface area (Å²) in [6, 6.07) is 15.8. The van der Waals surface area contributed by atoms with E-state index < -0.39 is 0 Å². The number of hydrazine groups is 1. The van der Waals surface area contributed by atoms with Crippen LogP contribution in [0, 0.1) is 6.92 Å². The third-order valence-electron chi connectivity index (χ3n) is 3.99. The van der Waals surface area contributed by atoms with Gasteiger partial charge in [0.2, 0.25) is 11.8 Å². The van der Waals surface area contributed by atoms with Crippen LogP contribution in [0.1, 0.15) is 23.6 Å². The Hall–Kier alpha value is -2.45. The van der Waals surface area contributed by atoms with Crippen molar-refractivity contribution in [3.8, 4) is 0 Å². The summed E-state index contributed by atoms with van der Waals surface area (Å²) in [5.74, 6) is 0.809.